The van der Waals surface area contributed by atoms with Gasteiger partial charge in [-0.15, -0.1) is 0 Å². The molecule has 0 amide bonds. The molecule has 8 heavy (non-hydrogen) atoms. The molecule has 0 aliphatic rings. The van der Waals surface area contributed by atoms with Crippen molar-refractivity contribution in [3.05, 3.63) is 18.0 Å². The zero-order valence-corrected chi connectivity index (χ0v) is 4.26. The Morgan fingerprint density at radius 3 is 3.25 bits per heavy atom. The lowest BCUT2D eigenvalue weighted by Crippen LogP contribution is -2.04. The molecule has 1 aromatic heterocycles. The van der Waals surface area contributed by atoms with E-state index in [2.05, 4.69) is 10.2 Å². The van der Waals surface area contributed by atoms with Crippen LogP contribution in [0.1, 0.15) is 5.56 Å². The van der Waals surface area contributed by atoms with Crippen molar-refractivity contribution in [1.29, 1.82) is 0 Å². The van der Waals surface area contributed by atoms with E-state index in [9.17, 15) is 0 Å². The van der Waals surface area contributed by atoms with Gasteiger partial charge in [0.05, 0.1) is 6.20 Å². The van der Waals surface area contributed by atoms with Crippen molar-refractivity contribution in [2.24, 2.45) is 0 Å². The number of aromatic amines is 1. The lowest BCUT2D eigenvalue weighted by atomic mass is 10.4. The van der Waals surface area contributed by atoms with Crippen molar-refractivity contribution in [3.8, 4) is 0 Å². The van der Waals surface area contributed by atoms with Gasteiger partial charge in [0.25, 0.3) is 0 Å². The van der Waals surface area contributed by atoms with Gasteiger partial charge in [0, 0.05) is 18.3 Å². The smallest absolute Gasteiger partial charge is 0.0533 e. The standard InChI is InChI=1S/C4H7N3O/c8-7-3-4-1-5-6-2-4/h1-2,7-8H,3H2,(H,5,6). The third kappa shape index (κ3) is 1.05. The second-order valence-corrected chi connectivity index (χ2v) is 1.44. The molecule has 0 saturated carbocycles. The van der Waals surface area contributed by atoms with Crippen molar-refractivity contribution >= 4 is 0 Å². The first-order valence-corrected chi connectivity index (χ1v) is 2.28. The first-order valence-electron chi connectivity index (χ1n) is 2.28. The molecule has 0 radical (unpaired) electrons. The van der Waals surface area contributed by atoms with Crippen LogP contribution in [0.5, 0.6) is 0 Å². The molecule has 0 bridgehead atoms. The van der Waals surface area contributed by atoms with Crippen LogP contribution in [-0.4, -0.2) is 15.4 Å². The van der Waals surface area contributed by atoms with E-state index < -0.39 is 0 Å². The van der Waals surface area contributed by atoms with Crippen molar-refractivity contribution in [2.75, 3.05) is 0 Å². The minimum atomic E-state index is 0.441. The quantitative estimate of drug-likeness (QED) is 0.469. The first-order chi connectivity index (χ1) is 3.93. The predicted molar refractivity (Wildman–Crippen MR) is 27.2 cm³/mol. The summed E-state index contributed by atoms with van der Waals surface area (Å²) in [7, 11) is 0. The fraction of sp³-hybridized carbons (Fsp3) is 0.250. The molecule has 0 fully saturated rings. The summed E-state index contributed by atoms with van der Waals surface area (Å²) >= 11 is 0. The van der Waals surface area contributed by atoms with Gasteiger partial charge in [-0.1, -0.05) is 0 Å². The van der Waals surface area contributed by atoms with Gasteiger partial charge >= 0.3 is 0 Å². The average molecular weight is 113 g/mol. The lowest BCUT2D eigenvalue weighted by Gasteiger charge is -1.87. The molecule has 0 aromatic carbocycles. The number of H-pyrrole nitrogens is 1. The maximum absolute atomic E-state index is 8.15. The molecule has 0 unspecified atom stereocenters. The maximum Gasteiger partial charge on any atom is 0.0533 e. The Morgan fingerprint density at radius 1 is 1.88 bits per heavy atom. The van der Waals surface area contributed by atoms with Crippen molar-refractivity contribution < 1.29 is 5.21 Å². The Kier molecular flexibility index (Phi) is 1.61. The zero-order valence-electron chi connectivity index (χ0n) is 4.26. The van der Waals surface area contributed by atoms with Crippen LogP contribution in [0.25, 0.3) is 0 Å². The molecule has 0 saturated heterocycles. The van der Waals surface area contributed by atoms with Crippen molar-refractivity contribution in [2.45, 2.75) is 6.54 Å². The van der Waals surface area contributed by atoms with Gasteiger partial charge in [0.2, 0.25) is 0 Å². The van der Waals surface area contributed by atoms with E-state index in [0.29, 0.717) is 6.54 Å². The molecule has 0 aliphatic carbocycles. The number of aromatic nitrogens is 2. The highest BCUT2D eigenvalue weighted by atomic mass is 16.5. The molecule has 1 heterocycles. The Bertz CT molecular complexity index is 137. The fourth-order valence-corrected chi connectivity index (χ4v) is 0.466. The fourth-order valence-electron chi connectivity index (χ4n) is 0.466. The summed E-state index contributed by atoms with van der Waals surface area (Å²) in [5.41, 5.74) is 2.95. The van der Waals surface area contributed by atoms with Gasteiger partial charge in [0.15, 0.2) is 0 Å². The predicted octanol–water partition coefficient (Wildman–Crippen LogP) is -0.112. The molecule has 0 spiro atoms. The number of hydroxylamine groups is 1. The Labute approximate surface area is 46.5 Å². The Morgan fingerprint density at radius 2 is 2.75 bits per heavy atom. The number of rotatable bonds is 2. The minimum absolute atomic E-state index is 0.441. The summed E-state index contributed by atoms with van der Waals surface area (Å²) in [6.45, 7) is 0.441. The molecule has 0 atom stereocenters. The van der Waals surface area contributed by atoms with Crippen molar-refractivity contribution in [3.63, 3.8) is 0 Å². The van der Waals surface area contributed by atoms with E-state index in [0.717, 1.165) is 5.56 Å². The summed E-state index contributed by atoms with van der Waals surface area (Å²) in [5, 5.41) is 14.4. The Hall–Kier alpha value is -0.870. The van der Waals surface area contributed by atoms with Gasteiger partial charge in [-0.05, 0) is 0 Å². The zero-order chi connectivity index (χ0) is 5.82. The summed E-state index contributed by atoms with van der Waals surface area (Å²) in [6, 6.07) is 0. The summed E-state index contributed by atoms with van der Waals surface area (Å²) < 4.78 is 0. The molecular weight excluding hydrogens is 106 g/mol. The molecule has 4 nitrogen and oxygen atoms in total. The van der Waals surface area contributed by atoms with E-state index in [1.807, 2.05) is 5.48 Å². The van der Waals surface area contributed by atoms with Crippen LogP contribution in [0.3, 0.4) is 0 Å². The van der Waals surface area contributed by atoms with Crippen LogP contribution < -0.4 is 5.48 Å². The highest BCUT2D eigenvalue weighted by Gasteiger charge is 1.87. The van der Waals surface area contributed by atoms with Crippen LogP contribution in [0.4, 0.5) is 0 Å². The van der Waals surface area contributed by atoms with Gasteiger partial charge in [-0.2, -0.15) is 5.10 Å². The number of nitrogens with zero attached hydrogens (tertiary/aromatic N) is 1. The second-order valence-electron chi connectivity index (χ2n) is 1.44. The van der Waals surface area contributed by atoms with Crippen LogP contribution in [-0.2, 0) is 6.54 Å². The largest absolute Gasteiger partial charge is 0.316 e. The van der Waals surface area contributed by atoms with E-state index in [-0.39, 0.29) is 0 Å². The summed E-state index contributed by atoms with van der Waals surface area (Å²) in [6.07, 6.45) is 3.35. The summed E-state index contributed by atoms with van der Waals surface area (Å²) in [5.74, 6) is 0. The molecule has 4 heteroatoms. The lowest BCUT2D eigenvalue weighted by molar-refractivity contribution is 0.161. The van der Waals surface area contributed by atoms with E-state index in [1.54, 1.807) is 12.4 Å². The van der Waals surface area contributed by atoms with Gasteiger partial charge < -0.3 is 5.21 Å². The van der Waals surface area contributed by atoms with Crippen LogP contribution in [0, 0.1) is 0 Å². The van der Waals surface area contributed by atoms with E-state index in [1.165, 1.54) is 0 Å². The van der Waals surface area contributed by atoms with Gasteiger partial charge in [0.1, 0.15) is 0 Å². The monoisotopic (exact) mass is 113 g/mol. The molecule has 1 aromatic rings. The van der Waals surface area contributed by atoms with Gasteiger partial charge in [-0.25, -0.2) is 5.48 Å². The average Bonchev–Trinajstić information content (AvgIpc) is 2.19. The minimum Gasteiger partial charge on any atom is -0.316 e. The topological polar surface area (TPSA) is 60.9 Å². The van der Waals surface area contributed by atoms with Gasteiger partial charge in [-0.3, -0.25) is 5.10 Å². The van der Waals surface area contributed by atoms with E-state index in [4.69, 9.17) is 5.21 Å². The normalized spacial score (nSPS) is 9.62. The molecule has 3 N–H and O–H groups in total. The molecule has 44 valence electrons. The third-order valence-corrected chi connectivity index (χ3v) is 0.838. The van der Waals surface area contributed by atoms with Crippen LogP contribution in [0.15, 0.2) is 12.4 Å². The SMILES string of the molecule is ONCc1cn[nH]c1. The first kappa shape index (κ1) is 5.27. The highest BCUT2D eigenvalue weighted by molar-refractivity contribution is 5.00. The number of nitrogens with one attached hydrogen (secondary N) is 2. The maximum atomic E-state index is 8.15. The Balaban J connectivity index is 2.50. The van der Waals surface area contributed by atoms with E-state index >= 15 is 0 Å². The molecular formula is C4H7N3O. The second kappa shape index (κ2) is 2.44. The molecule has 1 rings (SSSR count). The third-order valence-electron chi connectivity index (χ3n) is 0.838. The van der Waals surface area contributed by atoms with Crippen LogP contribution in [0.2, 0.25) is 0 Å². The number of hydrogen-bond donors (Lipinski definition) is 3. The highest BCUT2D eigenvalue weighted by Crippen LogP contribution is 1.89. The summed E-state index contributed by atoms with van der Waals surface area (Å²) in [4.78, 5) is 0. The van der Waals surface area contributed by atoms with Crippen molar-refractivity contribution in [1.82, 2.24) is 15.7 Å². The van der Waals surface area contributed by atoms with Crippen LogP contribution >= 0.6 is 0 Å². The number of hydrogen-bond acceptors (Lipinski definition) is 3. The molecule has 0 aliphatic heterocycles.